The van der Waals surface area contributed by atoms with Crippen LogP contribution in [0.5, 0.6) is 0 Å². The van der Waals surface area contributed by atoms with Crippen LogP contribution in [0.4, 0.5) is 11.4 Å². The van der Waals surface area contributed by atoms with Crippen molar-refractivity contribution in [3.8, 4) is 0 Å². The Kier molecular flexibility index (Phi) is 6.48. The van der Waals surface area contributed by atoms with Crippen LogP contribution >= 0.6 is 0 Å². The summed E-state index contributed by atoms with van der Waals surface area (Å²) in [7, 11) is -2.53. The number of methoxy groups -OCH3 is 1. The zero-order chi connectivity index (χ0) is 20.0. The summed E-state index contributed by atoms with van der Waals surface area (Å²) in [5, 5.41) is 13.5. The third kappa shape index (κ3) is 5.25. The lowest BCUT2D eigenvalue weighted by atomic mass is 10.1. The van der Waals surface area contributed by atoms with Gasteiger partial charge in [-0.3, -0.25) is 19.6 Å². The molecule has 0 spiro atoms. The Labute approximate surface area is 156 Å². The second kappa shape index (κ2) is 8.60. The lowest BCUT2D eigenvalue weighted by Crippen LogP contribution is -2.28. The fourth-order valence-electron chi connectivity index (χ4n) is 2.27. The van der Waals surface area contributed by atoms with Crippen LogP contribution in [0.15, 0.2) is 47.4 Å². The number of rotatable bonds is 8. The molecule has 0 unspecified atom stereocenters. The van der Waals surface area contributed by atoms with Crippen LogP contribution < -0.4 is 10.0 Å². The number of nitro groups is 1. The molecular formula is C17H19N3O6S. The lowest BCUT2D eigenvalue weighted by molar-refractivity contribution is -0.384. The molecule has 2 aromatic rings. The molecule has 0 bridgehead atoms. The fraction of sp³-hybridized carbons (Fsp3) is 0.235. The van der Waals surface area contributed by atoms with Crippen molar-refractivity contribution in [3.05, 3.63) is 63.7 Å². The van der Waals surface area contributed by atoms with Crippen LogP contribution in [0.2, 0.25) is 0 Å². The first-order chi connectivity index (χ1) is 12.7. The molecule has 0 radical (unpaired) electrons. The van der Waals surface area contributed by atoms with Gasteiger partial charge in [0, 0.05) is 31.4 Å². The van der Waals surface area contributed by atoms with E-state index >= 15 is 0 Å². The van der Waals surface area contributed by atoms with E-state index in [0.717, 1.165) is 6.07 Å². The summed E-state index contributed by atoms with van der Waals surface area (Å²) in [6, 6.07) is 9.29. The molecule has 10 heteroatoms. The number of aryl methyl sites for hydroxylation is 1. The minimum absolute atomic E-state index is 0.0517. The molecule has 144 valence electrons. The van der Waals surface area contributed by atoms with Gasteiger partial charge in [-0.15, -0.1) is 0 Å². The van der Waals surface area contributed by atoms with Gasteiger partial charge >= 0.3 is 0 Å². The summed E-state index contributed by atoms with van der Waals surface area (Å²) in [4.78, 5) is 22.3. The topological polar surface area (TPSA) is 128 Å². The van der Waals surface area contributed by atoms with Crippen molar-refractivity contribution in [2.24, 2.45) is 0 Å². The molecule has 0 aliphatic rings. The van der Waals surface area contributed by atoms with E-state index in [2.05, 4.69) is 10.0 Å². The first-order valence-electron chi connectivity index (χ1n) is 7.89. The van der Waals surface area contributed by atoms with Gasteiger partial charge in [0.15, 0.2) is 0 Å². The first-order valence-corrected chi connectivity index (χ1v) is 9.38. The smallest absolute Gasteiger partial charge is 0.271 e. The monoisotopic (exact) mass is 393 g/mol. The number of hydrogen-bond donors (Lipinski definition) is 2. The number of amides is 1. The van der Waals surface area contributed by atoms with E-state index in [1.165, 1.54) is 43.5 Å². The molecule has 1 amide bonds. The Hall–Kier alpha value is -2.98. The zero-order valence-electron chi connectivity index (χ0n) is 14.8. The summed E-state index contributed by atoms with van der Waals surface area (Å²) in [5.74, 6) is -0.419. The molecule has 0 fully saturated rings. The van der Waals surface area contributed by atoms with Crippen LogP contribution in [-0.4, -0.2) is 39.5 Å². The number of ether oxygens (including phenoxy) is 1. The van der Waals surface area contributed by atoms with Gasteiger partial charge in [0.1, 0.15) is 0 Å². The Morgan fingerprint density at radius 1 is 1.22 bits per heavy atom. The number of nitrogens with one attached hydrogen (secondary N) is 2. The number of anilines is 1. The minimum Gasteiger partial charge on any atom is -0.383 e. The number of non-ortho nitro benzene ring substituents is 1. The van der Waals surface area contributed by atoms with Crippen molar-refractivity contribution in [2.75, 3.05) is 25.0 Å². The molecule has 0 aliphatic carbocycles. The van der Waals surface area contributed by atoms with Crippen molar-refractivity contribution >= 4 is 27.3 Å². The second-order valence-electron chi connectivity index (χ2n) is 5.64. The van der Waals surface area contributed by atoms with Crippen molar-refractivity contribution in [2.45, 2.75) is 11.8 Å². The predicted octanol–water partition coefficient (Wildman–Crippen LogP) is 2.08. The quantitative estimate of drug-likeness (QED) is 0.401. The number of benzene rings is 2. The van der Waals surface area contributed by atoms with Gasteiger partial charge in [-0.25, -0.2) is 8.42 Å². The fourth-order valence-corrected chi connectivity index (χ4v) is 3.35. The summed E-state index contributed by atoms with van der Waals surface area (Å²) < 4.78 is 32.3. The van der Waals surface area contributed by atoms with E-state index in [-0.39, 0.29) is 28.4 Å². The average molecular weight is 393 g/mol. The van der Waals surface area contributed by atoms with Gasteiger partial charge in [0.05, 0.1) is 22.1 Å². The molecule has 2 aromatic carbocycles. The standard InChI is InChI=1S/C17H19N3O6S/c1-12-6-7-15(11-16(12)17(21)18-8-9-26-2)27(24,25)19-13-4-3-5-14(10-13)20(22)23/h3-7,10-11,19H,8-9H2,1-2H3,(H,18,21). The normalized spacial score (nSPS) is 11.0. The number of nitrogens with zero attached hydrogens (tertiary/aromatic N) is 1. The molecule has 2 rings (SSSR count). The largest absolute Gasteiger partial charge is 0.383 e. The number of carbonyl (C=O) groups excluding carboxylic acids is 1. The van der Waals surface area contributed by atoms with Crippen LogP contribution in [0.1, 0.15) is 15.9 Å². The molecule has 0 heterocycles. The van der Waals surface area contributed by atoms with E-state index < -0.39 is 20.9 Å². The van der Waals surface area contributed by atoms with E-state index in [1.54, 1.807) is 6.92 Å². The third-order valence-electron chi connectivity index (χ3n) is 3.66. The number of nitro benzene ring substituents is 1. The van der Waals surface area contributed by atoms with Gasteiger partial charge in [0.25, 0.3) is 21.6 Å². The van der Waals surface area contributed by atoms with Gasteiger partial charge in [-0.1, -0.05) is 12.1 Å². The zero-order valence-corrected chi connectivity index (χ0v) is 15.6. The predicted molar refractivity (Wildman–Crippen MR) is 99.3 cm³/mol. The van der Waals surface area contributed by atoms with Crippen molar-refractivity contribution < 1.29 is 22.9 Å². The highest BCUT2D eigenvalue weighted by Crippen LogP contribution is 2.22. The molecule has 0 atom stereocenters. The van der Waals surface area contributed by atoms with Crippen molar-refractivity contribution in [3.63, 3.8) is 0 Å². The second-order valence-corrected chi connectivity index (χ2v) is 7.32. The van der Waals surface area contributed by atoms with Gasteiger partial charge < -0.3 is 10.1 Å². The highest BCUT2D eigenvalue weighted by atomic mass is 32.2. The van der Waals surface area contributed by atoms with E-state index in [9.17, 15) is 23.3 Å². The van der Waals surface area contributed by atoms with Crippen LogP contribution in [0.3, 0.4) is 0 Å². The highest BCUT2D eigenvalue weighted by molar-refractivity contribution is 7.92. The summed E-state index contributed by atoms with van der Waals surface area (Å²) in [6.45, 7) is 2.31. The SMILES string of the molecule is COCCNC(=O)c1cc(S(=O)(=O)Nc2cccc([N+](=O)[O-])c2)ccc1C. The summed E-state index contributed by atoms with van der Waals surface area (Å²) in [6.07, 6.45) is 0. The molecule has 0 saturated carbocycles. The minimum atomic E-state index is -4.03. The Bertz CT molecular complexity index is 959. The Balaban J connectivity index is 2.28. The Morgan fingerprint density at radius 3 is 2.63 bits per heavy atom. The van der Waals surface area contributed by atoms with Crippen LogP contribution in [-0.2, 0) is 14.8 Å². The third-order valence-corrected chi connectivity index (χ3v) is 5.04. The molecule has 0 aromatic heterocycles. The van der Waals surface area contributed by atoms with E-state index in [1.807, 2.05) is 0 Å². The van der Waals surface area contributed by atoms with Crippen LogP contribution in [0.25, 0.3) is 0 Å². The maximum atomic E-state index is 12.6. The number of carbonyl (C=O) groups is 1. The maximum Gasteiger partial charge on any atom is 0.271 e. The van der Waals surface area contributed by atoms with Crippen molar-refractivity contribution in [1.82, 2.24) is 5.32 Å². The molecule has 27 heavy (non-hydrogen) atoms. The van der Waals surface area contributed by atoms with Crippen molar-refractivity contribution in [1.29, 1.82) is 0 Å². The lowest BCUT2D eigenvalue weighted by Gasteiger charge is -2.11. The summed E-state index contributed by atoms with van der Waals surface area (Å²) in [5.41, 5.74) is 0.639. The van der Waals surface area contributed by atoms with Gasteiger partial charge in [-0.05, 0) is 30.7 Å². The molecule has 0 aliphatic heterocycles. The Morgan fingerprint density at radius 2 is 1.96 bits per heavy atom. The highest BCUT2D eigenvalue weighted by Gasteiger charge is 2.19. The maximum absolute atomic E-state index is 12.6. The van der Waals surface area contributed by atoms with E-state index in [4.69, 9.17) is 4.74 Å². The number of sulfonamides is 1. The van der Waals surface area contributed by atoms with Crippen LogP contribution in [0, 0.1) is 17.0 Å². The molecule has 0 saturated heterocycles. The average Bonchev–Trinajstić information content (AvgIpc) is 2.61. The first kappa shape index (κ1) is 20.3. The molecule has 2 N–H and O–H groups in total. The van der Waals surface area contributed by atoms with E-state index in [0.29, 0.717) is 12.2 Å². The summed E-state index contributed by atoms with van der Waals surface area (Å²) >= 11 is 0. The molecule has 9 nitrogen and oxygen atoms in total. The van der Waals surface area contributed by atoms with Gasteiger partial charge in [0.2, 0.25) is 0 Å². The number of hydrogen-bond acceptors (Lipinski definition) is 6. The van der Waals surface area contributed by atoms with Gasteiger partial charge in [-0.2, -0.15) is 0 Å². The molecular weight excluding hydrogens is 374 g/mol.